The third-order valence-electron chi connectivity index (χ3n) is 0.709. The lowest BCUT2D eigenvalue weighted by Crippen LogP contribution is -2.10. The van der Waals surface area contributed by atoms with Gasteiger partial charge >= 0.3 is 5.84 Å². The Hall–Kier alpha value is -0.860. The van der Waals surface area contributed by atoms with Crippen LogP contribution in [0.3, 0.4) is 0 Å². The van der Waals surface area contributed by atoms with Crippen molar-refractivity contribution in [1.82, 2.24) is 10.4 Å². The van der Waals surface area contributed by atoms with Crippen LogP contribution in [0.5, 0.6) is 0 Å². The average Bonchev–Trinajstić information content (AvgIpc) is 1.87. The van der Waals surface area contributed by atoms with E-state index in [4.69, 9.17) is 0 Å². The molecule has 0 aromatic carbocycles. The van der Waals surface area contributed by atoms with Gasteiger partial charge in [0.05, 0.1) is 0 Å². The van der Waals surface area contributed by atoms with Gasteiger partial charge in [0.15, 0.2) is 0 Å². The van der Waals surface area contributed by atoms with Crippen molar-refractivity contribution in [3.8, 4) is 0 Å². The normalized spacial score (nSPS) is 18.0. The van der Waals surface area contributed by atoms with E-state index in [2.05, 4.69) is 15.5 Å². The van der Waals surface area contributed by atoms with Gasteiger partial charge < -0.3 is 0 Å². The molecule has 37 valence electrons. The Kier molecular flexibility index (Phi) is 0.817. The Morgan fingerprint density at radius 3 is 2.43 bits per heavy atom. The van der Waals surface area contributed by atoms with Gasteiger partial charge in [-0.15, -0.1) is 5.43 Å². The molecule has 1 aliphatic heterocycles. The summed E-state index contributed by atoms with van der Waals surface area (Å²) in [6.45, 7) is 3.73. The first kappa shape index (κ1) is 4.30. The van der Waals surface area contributed by atoms with E-state index < -0.39 is 0 Å². The molecular weight excluding hydrogens is 90.1 g/mol. The van der Waals surface area contributed by atoms with Crippen molar-refractivity contribution in [2.24, 2.45) is 5.10 Å². The molecule has 0 aromatic heterocycles. The molecule has 0 amide bonds. The van der Waals surface area contributed by atoms with Gasteiger partial charge in [-0.25, -0.2) is 0 Å². The molecule has 0 atom stereocenters. The number of hydrogen-bond donors (Lipinski definition) is 1. The average molecular weight is 97.1 g/mol. The molecule has 0 fully saturated rings. The summed E-state index contributed by atoms with van der Waals surface area (Å²) in [5.41, 5.74) is 2.71. The highest BCUT2D eigenvalue weighted by Gasteiger charge is 2.10. The lowest BCUT2D eigenvalue weighted by Gasteiger charge is -1.67. The summed E-state index contributed by atoms with van der Waals surface area (Å²) in [4.78, 5) is 3.94. The molecule has 1 heterocycles. The lowest BCUT2D eigenvalue weighted by atomic mass is 10.7. The number of amidine groups is 2. The minimum atomic E-state index is 0.803. The summed E-state index contributed by atoms with van der Waals surface area (Å²) in [5, 5.41) is 3.78. The number of nitrogens with one attached hydrogen (secondary N) is 1. The predicted octanol–water partition coefficient (Wildman–Crippen LogP) is -0.323. The Morgan fingerprint density at radius 1 is 1.57 bits per heavy atom. The number of hydrogen-bond acceptors (Lipinski definition) is 3. The van der Waals surface area contributed by atoms with Crippen LogP contribution in [0.2, 0.25) is 0 Å². The molecule has 1 aliphatic rings. The number of rotatable bonds is 0. The molecule has 1 N–H and O–H groups in total. The van der Waals surface area contributed by atoms with Crippen LogP contribution in [0.15, 0.2) is 5.10 Å². The molecule has 0 unspecified atom stereocenters. The van der Waals surface area contributed by atoms with Crippen molar-refractivity contribution in [2.45, 2.75) is 13.8 Å². The summed E-state index contributed by atoms with van der Waals surface area (Å²) in [6.07, 6.45) is 0. The maximum Gasteiger partial charge on any atom is 0.308 e. The van der Waals surface area contributed by atoms with Gasteiger partial charge in [0.2, 0.25) is 0 Å². The third-order valence-corrected chi connectivity index (χ3v) is 0.709. The van der Waals surface area contributed by atoms with Crippen LogP contribution in [0.1, 0.15) is 13.8 Å². The van der Waals surface area contributed by atoms with Crippen molar-refractivity contribution in [3.63, 3.8) is 0 Å². The molecule has 1 radical (unpaired) electrons. The highest BCUT2D eigenvalue weighted by molar-refractivity contribution is 5.96. The molecular formula is C4H7N3+. The Balaban J connectivity index is 2.69. The fourth-order valence-corrected chi connectivity index (χ4v) is 0.455. The predicted molar refractivity (Wildman–Crippen MR) is 29.1 cm³/mol. The summed E-state index contributed by atoms with van der Waals surface area (Å²) in [7, 11) is 0. The van der Waals surface area contributed by atoms with Gasteiger partial charge in [-0.1, -0.05) is 4.99 Å². The minimum absolute atomic E-state index is 0.803. The second-order valence-corrected chi connectivity index (χ2v) is 1.47. The molecule has 3 heteroatoms. The maximum atomic E-state index is 3.94. The van der Waals surface area contributed by atoms with Crippen LogP contribution >= 0.6 is 0 Å². The zero-order valence-electron chi connectivity index (χ0n) is 4.39. The van der Waals surface area contributed by atoms with Crippen LogP contribution in [0.25, 0.3) is 0 Å². The molecule has 0 aliphatic carbocycles. The summed E-state index contributed by atoms with van der Waals surface area (Å²) < 4.78 is 0. The van der Waals surface area contributed by atoms with Gasteiger partial charge in [0.1, 0.15) is 0 Å². The third kappa shape index (κ3) is 0.765. The zero-order valence-corrected chi connectivity index (χ0v) is 4.39. The first-order valence-corrected chi connectivity index (χ1v) is 2.14. The molecule has 0 spiro atoms. The van der Waals surface area contributed by atoms with Crippen LogP contribution in [0.4, 0.5) is 0 Å². The Bertz CT molecular complexity index is 134. The second-order valence-electron chi connectivity index (χ2n) is 1.47. The van der Waals surface area contributed by atoms with Crippen molar-refractivity contribution in [2.75, 3.05) is 0 Å². The highest BCUT2D eigenvalue weighted by Crippen LogP contribution is 1.75. The molecule has 0 aromatic rings. The van der Waals surface area contributed by atoms with Gasteiger partial charge in [-0.2, -0.15) is 0 Å². The molecule has 1 rings (SSSR count). The zero-order chi connectivity index (χ0) is 5.28. The highest BCUT2D eigenvalue weighted by atomic mass is 15.4. The van der Waals surface area contributed by atoms with Crippen LogP contribution in [-0.2, 0) is 0 Å². The number of nitrogens with zero attached hydrogens (tertiary/aromatic N) is 2. The van der Waals surface area contributed by atoms with Crippen molar-refractivity contribution in [3.05, 3.63) is 0 Å². The first-order valence-electron chi connectivity index (χ1n) is 2.14. The van der Waals surface area contributed by atoms with E-state index in [-0.39, 0.29) is 0 Å². The monoisotopic (exact) mass is 97.1 g/mol. The van der Waals surface area contributed by atoms with E-state index in [9.17, 15) is 0 Å². The van der Waals surface area contributed by atoms with Crippen molar-refractivity contribution < 1.29 is 0 Å². The molecule has 0 saturated heterocycles. The fourth-order valence-electron chi connectivity index (χ4n) is 0.455. The SMILES string of the molecule is CC1=NNC(C)=[N+]1. The second kappa shape index (κ2) is 1.33. The topological polar surface area (TPSA) is 38.5 Å². The van der Waals surface area contributed by atoms with Gasteiger partial charge in [0.25, 0.3) is 5.84 Å². The van der Waals surface area contributed by atoms with Gasteiger partial charge in [0, 0.05) is 18.9 Å². The molecule has 0 bridgehead atoms. The molecule has 3 nitrogen and oxygen atoms in total. The van der Waals surface area contributed by atoms with E-state index in [0.29, 0.717) is 0 Å². The van der Waals surface area contributed by atoms with Gasteiger partial charge in [-0.3, -0.25) is 0 Å². The summed E-state index contributed by atoms with van der Waals surface area (Å²) in [5.74, 6) is 1.68. The standard InChI is InChI=1S/C4H7N3/c1-3-5-4(2)7-6-3/h1-2H3,(H,6,7)/q+1. The van der Waals surface area contributed by atoms with E-state index in [0.717, 1.165) is 11.7 Å². The number of aliphatic imine (C=N–C) groups is 1. The summed E-state index contributed by atoms with van der Waals surface area (Å²) in [6, 6.07) is 0. The summed E-state index contributed by atoms with van der Waals surface area (Å²) >= 11 is 0. The Morgan fingerprint density at radius 2 is 2.29 bits per heavy atom. The van der Waals surface area contributed by atoms with E-state index in [1.807, 2.05) is 13.8 Å². The smallest absolute Gasteiger partial charge is 0.122 e. The van der Waals surface area contributed by atoms with E-state index in [1.165, 1.54) is 0 Å². The first-order chi connectivity index (χ1) is 3.29. The van der Waals surface area contributed by atoms with Crippen LogP contribution in [-0.4, -0.2) is 11.7 Å². The quantitative estimate of drug-likeness (QED) is 0.442. The fraction of sp³-hybridized carbons (Fsp3) is 0.500. The molecule has 0 saturated carbocycles. The largest absolute Gasteiger partial charge is 0.308 e. The van der Waals surface area contributed by atoms with Crippen LogP contribution in [0, 0.1) is 0 Å². The maximum absolute atomic E-state index is 3.94. The van der Waals surface area contributed by atoms with E-state index >= 15 is 0 Å². The lowest BCUT2D eigenvalue weighted by molar-refractivity contribution is 1.05. The number of hydrazone groups is 1. The molecule has 7 heavy (non-hydrogen) atoms. The van der Waals surface area contributed by atoms with Gasteiger partial charge in [-0.05, 0) is 0 Å². The van der Waals surface area contributed by atoms with Crippen molar-refractivity contribution in [1.29, 1.82) is 0 Å². The Labute approximate surface area is 42.1 Å². The van der Waals surface area contributed by atoms with E-state index in [1.54, 1.807) is 0 Å². The van der Waals surface area contributed by atoms with Crippen molar-refractivity contribution >= 4 is 11.7 Å². The van der Waals surface area contributed by atoms with Crippen LogP contribution < -0.4 is 10.4 Å². The minimum Gasteiger partial charge on any atom is -0.122 e.